The van der Waals surface area contributed by atoms with E-state index >= 15 is 0 Å². The maximum absolute atomic E-state index is 4.00. The first-order valence-corrected chi connectivity index (χ1v) is 5.99. The number of nitrogens with zero attached hydrogens (tertiary/aromatic N) is 1. The molecule has 70 valence electrons. The first kappa shape index (κ1) is 10.1. The van der Waals surface area contributed by atoms with Crippen LogP contribution in [0.5, 0.6) is 0 Å². The summed E-state index contributed by atoms with van der Waals surface area (Å²) in [5, 5.41) is 0. The summed E-state index contributed by atoms with van der Waals surface area (Å²) in [5.74, 6) is 0. The van der Waals surface area contributed by atoms with E-state index in [-0.39, 0.29) is 0 Å². The van der Waals surface area contributed by atoms with Crippen molar-refractivity contribution in [3.05, 3.63) is 50.8 Å². The van der Waals surface area contributed by atoms with E-state index in [1.807, 2.05) is 24.5 Å². The van der Waals surface area contributed by atoms with Gasteiger partial charge in [0.1, 0.15) is 0 Å². The Hall–Kier alpha value is -0.420. The molecule has 0 spiro atoms. The van der Waals surface area contributed by atoms with Crippen LogP contribution in [-0.4, -0.2) is 4.98 Å². The van der Waals surface area contributed by atoms with Gasteiger partial charge in [0.2, 0.25) is 0 Å². The maximum Gasteiger partial charge on any atom is 0.0273 e. The molecule has 0 amide bonds. The van der Waals surface area contributed by atoms with Gasteiger partial charge in [-0.2, -0.15) is 0 Å². The molecule has 1 nitrogen and oxygen atoms in total. The highest BCUT2D eigenvalue weighted by Crippen LogP contribution is 2.25. The molecular formula is C11H7BrIN. The van der Waals surface area contributed by atoms with Crippen LogP contribution in [0.4, 0.5) is 0 Å². The standard InChI is InChI=1S/C11H7BrIN/c12-10-5-9(6-11(13)7-10)8-1-3-14-4-2-8/h1-7H. The van der Waals surface area contributed by atoms with Crippen LogP contribution in [0, 0.1) is 3.57 Å². The average molecular weight is 360 g/mol. The van der Waals surface area contributed by atoms with E-state index in [0.29, 0.717) is 0 Å². The zero-order chi connectivity index (χ0) is 9.97. The normalized spacial score (nSPS) is 10.1. The molecule has 2 aromatic rings. The summed E-state index contributed by atoms with van der Waals surface area (Å²) in [6.45, 7) is 0. The van der Waals surface area contributed by atoms with E-state index in [4.69, 9.17) is 0 Å². The minimum Gasteiger partial charge on any atom is -0.265 e. The van der Waals surface area contributed by atoms with E-state index in [9.17, 15) is 0 Å². The molecule has 0 bridgehead atoms. The van der Waals surface area contributed by atoms with Gasteiger partial charge in [-0.3, -0.25) is 4.98 Å². The lowest BCUT2D eigenvalue weighted by Crippen LogP contribution is -1.80. The number of pyridine rings is 1. The lowest BCUT2D eigenvalue weighted by atomic mass is 10.1. The molecular weight excluding hydrogens is 353 g/mol. The highest BCUT2D eigenvalue weighted by molar-refractivity contribution is 14.1. The molecule has 2 rings (SSSR count). The van der Waals surface area contributed by atoms with Crippen LogP contribution in [0.2, 0.25) is 0 Å². The highest BCUT2D eigenvalue weighted by Gasteiger charge is 1.99. The fourth-order valence-electron chi connectivity index (χ4n) is 1.26. The second-order valence-corrected chi connectivity index (χ2v) is 5.06. The Bertz CT molecular complexity index is 422. The summed E-state index contributed by atoms with van der Waals surface area (Å²) in [4.78, 5) is 4.00. The molecule has 0 aliphatic heterocycles. The van der Waals surface area contributed by atoms with Crippen LogP contribution in [0.1, 0.15) is 0 Å². The van der Waals surface area contributed by atoms with Crippen LogP contribution in [0.3, 0.4) is 0 Å². The molecule has 0 saturated carbocycles. The average Bonchev–Trinajstić information content (AvgIpc) is 2.18. The van der Waals surface area contributed by atoms with Crippen LogP contribution >= 0.6 is 38.5 Å². The first-order chi connectivity index (χ1) is 6.75. The lowest BCUT2D eigenvalue weighted by molar-refractivity contribution is 1.33. The van der Waals surface area contributed by atoms with Crippen LogP contribution in [-0.2, 0) is 0 Å². The Morgan fingerprint density at radius 1 is 1.00 bits per heavy atom. The zero-order valence-electron chi connectivity index (χ0n) is 7.24. The van der Waals surface area contributed by atoms with Crippen molar-refractivity contribution >= 4 is 38.5 Å². The van der Waals surface area contributed by atoms with E-state index in [1.165, 1.54) is 14.7 Å². The Kier molecular flexibility index (Phi) is 3.18. The van der Waals surface area contributed by atoms with Gasteiger partial charge in [0, 0.05) is 20.4 Å². The Balaban J connectivity index is 2.52. The molecule has 14 heavy (non-hydrogen) atoms. The van der Waals surface area contributed by atoms with E-state index in [2.05, 4.69) is 61.7 Å². The van der Waals surface area contributed by atoms with Gasteiger partial charge in [0.05, 0.1) is 0 Å². The van der Waals surface area contributed by atoms with E-state index < -0.39 is 0 Å². The first-order valence-electron chi connectivity index (χ1n) is 4.12. The van der Waals surface area contributed by atoms with Gasteiger partial charge in [-0.05, 0) is 64.0 Å². The number of hydrogen-bond acceptors (Lipinski definition) is 1. The minimum absolute atomic E-state index is 1.11. The molecule has 1 aromatic heterocycles. The lowest BCUT2D eigenvalue weighted by Gasteiger charge is -2.02. The monoisotopic (exact) mass is 359 g/mol. The summed E-state index contributed by atoms with van der Waals surface area (Å²) in [5.41, 5.74) is 2.41. The van der Waals surface area contributed by atoms with Crippen molar-refractivity contribution in [3.8, 4) is 11.1 Å². The summed E-state index contributed by atoms with van der Waals surface area (Å²) >= 11 is 5.80. The Morgan fingerprint density at radius 3 is 2.36 bits per heavy atom. The van der Waals surface area contributed by atoms with Crippen molar-refractivity contribution in [2.24, 2.45) is 0 Å². The number of benzene rings is 1. The second kappa shape index (κ2) is 4.40. The predicted molar refractivity (Wildman–Crippen MR) is 70.1 cm³/mol. The van der Waals surface area contributed by atoms with Gasteiger partial charge >= 0.3 is 0 Å². The molecule has 0 aliphatic carbocycles. The SMILES string of the molecule is Brc1cc(I)cc(-c2ccncc2)c1. The molecule has 0 radical (unpaired) electrons. The van der Waals surface area contributed by atoms with Crippen molar-refractivity contribution in [1.82, 2.24) is 4.98 Å². The van der Waals surface area contributed by atoms with E-state index in [1.54, 1.807) is 0 Å². The summed E-state index contributed by atoms with van der Waals surface area (Å²) in [7, 11) is 0. The second-order valence-electron chi connectivity index (χ2n) is 2.89. The van der Waals surface area contributed by atoms with Crippen LogP contribution in [0.25, 0.3) is 11.1 Å². The van der Waals surface area contributed by atoms with Crippen molar-refractivity contribution in [2.45, 2.75) is 0 Å². The molecule has 3 heteroatoms. The fraction of sp³-hybridized carbons (Fsp3) is 0. The fourth-order valence-corrected chi connectivity index (χ4v) is 2.86. The predicted octanol–water partition coefficient (Wildman–Crippen LogP) is 4.12. The van der Waals surface area contributed by atoms with Crippen molar-refractivity contribution in [1.29, 1.82) is 0 Å². The molecule has 0 saturated heterocycles. The summed E-state index contributed by atoms with van der Waals surface area (Å²) in [6.07, 6.45) is 3.62. The molecule has 0 aliphatic rings. The van der Waals surface area contributed by atoms with Gasteiger partial charge in [0.25, 0.3) is 0 Å². The van der Waals surface area contributed by atoms with Gasteiger partial charge in [0.15, 0.2) is 0 Å². The number of rotatable bonds is 1. The number of aromatic nitrogens is 1. The van der Waals surface area contributed by atoms with Gasteiger partial charge in [-0.15, -0.1) is 0 Å². The van der Waals surface area contributed by atoms with E-state index in [0.717, 1.165) is 4.47 Å². The number of halogens is 2. The smallest absolute Gasteiger partial charge is 0.0273 e. The molecule has 0 fully saturated rings. The minimum atomic E-state index is 1.11. The van der Waals surface area contributed by atoms with Crippen LogP contribution in [0.15, 0.2) is 47.2 Å². The Morgan fingerprint density at radius 2 is 1.71 bits per heavy atom. The Labute approximate surface area is 105 Å². The molecule has 0 N–H and O–H groups in total. The summed E-state index contributed by atoms with van der Waals surface area (Å²) in [6, 6.07) is 10.4. The highest BCUT2D eigenvalue weighted by atomic mass is 127. The third-order valence-electron chi connectivity index (χ3n) is 1.88. The topological polar surface area (TPSA) is 12.9 Å². The van der Waals surface area contributed by atoms with Crippen molar-refractivity contribution in [3.63, 3.8) is 0 Å². The summed E-state index contributed by atoms with van der Waals surface area (Å²) < 4.78 is 2.33. The van der Waals surface area contributed by atoms with Crippen molar-refractivity contribution < 1.29 is 0 Å². The van der Waals surface area contributed by atoms with Crippen molar-refractivity contribution in [2.75, 3.05) is 0 Å². The van der Waals surface area contributed by atoms with Gasteiger partial charge in [-0.1, -0.05) is 15.9 Å². The largest absolute Gasteiger partial charge is 0.265 e. The molecule has 1 aromatic carbocycles. The molecule has 0 unspecified atom stereocenters. The number of hydrogen-bond donors (Lipinski definition) is 0. The molecule has 0 atom stereocenters. The van der Waals surface area contributed by atoms with Crippen LogP contribution < -0.4 is 0 Å². The third-order valence-corrected chi connectivity index (χ3v) is 2.96. The third kappa shape index (κ3) is 2.33. The maximum atomic E-state index is 4.00. The molecule has 1 heterocycles. The van der Waals surface area contributed by atoms with Gasteiger partial charge < -0.3 is 0 Å². The quantitative estimate of drug-likeness (QED) is 0.698. The zero-order valence-corrected chi connectivity index (χ0v) is 11.0. The van der Waals surface area contributed by atoms with Gasteiger partial charge in [-0.25, -0.2) is 0 Å².